The molecule has 1 aromatic heterocycles. The maximum absolute atomic E-state index is 6.65. The van der Waals surface area contributed by atoms with Crippen LogP contribution in [0.5, 0.6) is 0 Å². The fourth-order valence-electron chi connectivity index (χ4n) is 2.96. The Labute approximate surface area is 108 Å². The zero-order valence-corrected chi connectivity index (χ0v) is 10.5. The van der Waals surface area contributed by atoms with Crippen LogP contribution in [0.4, 0.5) is 0 Å². The van der Waals surface area contributed by atoms with Crippen LogP contribution in [0.15, 0.2) is 42.7 Å². The Morgan fingerprint density at radius 2 is 1.83 bits per heavy atom. The van der Waals surface area contributed by atoms with Crippen LogP contribution in [0.25, 0.3) is 5.69 Å². The molecule has 3 nitrogen and oxygen atoms in total. The number of nitrogens with two attached hydrogens (primary N) is 1. The molecule has 0 amide bonds. The second-order valence-electron chi connectivity index (χ2n) is 5.18. The Balaban J connectivity index is 2.06. The Kier molecular flexibility index (Phi) is 2.92. The Morgan fingerprint density at radius 3 is 2.56 bits per heavy atom. The van der Waals surface area contributed by atoms with Gasteiger partial charge in [0.05, 0.1) is 5.69 Å². The summed E-state index contributed by atoms with van der Waals surface area (Å²) in [6.45, 7) is 0. The lowest BCUT2D eigenvalue weighted by Crippen LogP contribution is -2.39. The minimum absolute atomic E-state index is 0.180. The molecule has 1 saturated carbocycles. The van der Waals surface area contributed by atoms with Crippen LogP contribution in [0, 0.1) is 0 Å². The van der Waals surface area contributed by atoms with Crippen molar-refractivity contribution in [3.05, 3.63) is 48.3 Å². The van der Waals surface area contributed by atoms with E-state index in [1.807, 2.05) is 23.0 Å². The van der Waals surface area contributed by atoms with E-state index in [2.05, 4.69) is 23.3 Å². The summed E-state index contributed by atoms with van der Waals surface area (Å²) in [5.41, 5.74) is 8.81. The Hall–Kier alpha value is -1.61. The van der Waals surface area contributed by atoms with E-state index in [0.717, 1.165) is 18.5 Å². The van der Waals surface area contributed by atoms with Crippen LogP contribution >= 0.6 is 0 Å². The van der Waals surface area contributed by atoms with Gasteiger partial charge in [-0.3, -0.25) is 0 Å². The van der Waals surface area contributed by atoms with Crippen LogP contribution in [0.3, 0.4) is 0 Å². The van der Waals surface area contributed by atoms with Gasteiger partial charge in [0, 0.05) is 17.9 Å². The molecule has 1 aromatic carbocycles. The second kappa shape index (κ2) is 4.58. The first-order valence-electron chi connectivity index (χ1n) is 6.68. The van der Waals surface area contributed by atoms with Crippen molar-refractivity contribution in [1.82, 2.24) is 9.78 Å². The van der Waals surface area contributed by atoms with Crippen LogP contribution in [0.2, 0.25) is 0 Å². The summed E-state index contributed by atoms with van der Waals surface area (Å²) < 4.78 is 1.92. The van der Waals surface area contributed by atoms with Crippen molar-refractivity contribution in [3.8, 4) is 5.69 Å². The van der Waals surface area contributed by atoms with Gasteiger partial charge in [-0.05, 0) is 30.5 Å². The molecule has 1 aliphatic rings. The average Bonchev–Trinajstić information content (AvgIpc) is 2.93. The largest absolute Gasteiger partial charge is 0.321 e. The Bertz CT molecular complexity index is 510. The number of hydrogen-bond acceptors (Lipinski definition) is 2. The lowest BCUT2D eigenvalue weighted by atomic mass is 9.77. The molecule has 18 heavy (non-hydrogen) atoms. The van der Waals surface area contributed by atoms with Gasteiger partial charge >= 0.3 is 0 Å². The minimum Gasteiger partial charge on any atom is -0.321 e. The smallest absolute Gasteiger partial charge is 0.0696 e. The lowest BCUT2D eigenvalue weighted by Gasteiger charge is -2.35. The third kappa shape index (κ3) is 1.95. The molecule has 0 bridgehead atoms. The molecule has 2 aromatic rings. The molecule has 1 aliphatic carbocycles. The number of benzene rings is 1. The zero-order chi connectivity index (χ0) is 12.4. The molecule has 1 heterocycles. The van der Waals surface area contributed by atoms with Crippen LogP contribution < -0.4 is 5.73 Å². The first-order chi connectivity index (χ1) is 8.80. The van der Waals surface area contributed by atoms with Gasteiger partial charge in [-0.25, -0.2) is 4.68 Å². The highest BCUT2D eigenvalue weighted by Gasteiger charge is 2.31. The van der Waals surface area contributed by atoms with Crippen molar-refractivity contribution in [1.29, 1.82) is 0 Å². The number of nitrogens with zero attached hydrogens (tertiary/aromatic N) is 2. The molecule has 0 aliphatic heterocycles. The SMILES string of the molecule is NC1(c2ccccc2-n2cccn2)CCCCC1. The number of aromatic nitrogens is 2. The molecule has 3 rings (SSSR count). The van der Waals surface area contributed by atoms with Crippen LogP contribution in [0.1, 0.15) is 37.7 Å². The number of rotatable bonds is 2. The molecule has 0 radical (unpaired) electrons. The summed E-state index contributed by atoms with van der Waals surface area (Å²) in [4.78, 5) is 0. The van der Waals surface area contributed by atoms with E-state index in [4.69, 9.17) is 5.73 Å². The van der Waals surface area contributed by atoms with Crippen LogP contribution in [-0.2, 0) is 5.54 Å². The first-order valence-corrected chi connectivity index (χ1v) is 6.68. The van der Waals surface area contributed by atoms with Crippen LogP contribution in [-0.4, -0.2) is 9.78 Å². The van der Waals surface area contributed by atoms with Crippen molar-refractivity contribution in [2.24, 2.45) is 5.73 Å². The molecule has 2 N–H and O–H groups in total. The first kappa shape index (κ1) is 11.5. The number of para-hydroxylation sites is 1. The van der Waals surface area contributed by atoms with Gasteiger partial charge < -0.3 is 5.73 Å². The monoisotopic (exact) mass is 241 g/mol. The third-order valence-corrected chi connectivity index (χ3v) is 3.94. The molecular weight excluding hydrogens is 222 g/mol. The average molecular weight is 241 g/mol. The van der Waals surface area contributed by atoms with Crippen molar-refractivity contribution >= 4 is 0 Å². The summed E-state index contributed by atoms with van der Waals surface area (Å²) in [6, 6.07) is 10.3. The zero-order valence-electron chi connectivity index (χ0n) is 10.5. The van der Waals surface area contributed by atoms with Gasteiger partial charge in [0.2, 0.25) is 0 Å². The van der Waals surface area contributed by atoms with E-state index >= 15 is 0 Å². The quantitative estimate of drug-likeness (QED) is 0.878. The minimum atomic E-state index is -0.180. The Morgan fingerprint density at radius 1 is 1.06 bits per heavy atom. The highest BCUT2D eigenvalue weighted by atomic mass is 15.3. The summed E-state index contributed by atoms with van der Waals surface area (Å²) >= 11 is 0. The molecule has 0 unspecified atom stereocenters. The second-order valence-corrected chi connectivity index (χ2v) is 5.18. The maximum Gasteiger partial charge on any atom is 0.0696 e. The van der Waals surface area contributed by atoms with Gasteiger partial charge in [0.1, 0.15) is 0 Å². The molecule has 0 saturated heterocycles. The molecular formula is C15H19N3. The third-order valence-electron chi connectivity index (χ3n) is 3.94. The van der Waals surface area contributed by atoms with Crippen molar-refractivity contribution in [2.45, 2.75) is 37.6 Å². The fourth-order valence-corrected chi connectivity index (χ4v) is 2.96. The molecule has 0 spiro atoms. The number of hydrogen-bond donors (Lipinski definition) is 1. The van der Waals surface area contributed by atoms with Crippen molar-refractivity contribution < 1.29 is 0 Å². The lowest BCUT2D eigenvalue weighted by molar-refractivity contribution is 0.301. The summed E-state index contributed by atoms with van der Waals surface area (Å²) in [5.74, 6) is 0. The molecule has 0 atom stereocenters. The van der Waals surface area contributed by atoms with Crippen molar-refractivity contribution in [3.63, 3.8) is 0 Å². The highest BCUT2D eigenvalue weighted by molar-refractivity contribution is 5.44. The maximum atomic E-state index is 6.65. The van der Waals surface area contributed by atoms with Gasteiger partial charge in [-0.1, -0.05) is 37.5 Å². The van der Waals surface area contributed by atoms with Gasteiger partial charge in [-0.15, -0.1) is 0 Å². The summed E-state index contributed by atoms with van der Waals surface area (Å²) in [5, 5.41) is 4.33. The van der Waals surface area contributed by atoms with E-state index in [1.165, 1.54) is 24.8 Å². The van der Waals surface area contributed by atoms with E-state index in [1.54, 1.807) is 6.20 Å². The normalized spacial score (nSPS) is 18.7. The predicted octanol–water partition coefficient (Wildman–Crippen LogP) is 2.99. The van der Waals surface area contributed by atoms with Gasteiger partial charge in [0.25, 0.3) is 0 Å². The van der Waals surface area contributed by atoms with Crippen molar-refractivity contribution in [2.75, 3.05) is 0 Å². The van der Waals surface area contributed by atoms with E-state index < -0.39 is 0 Å². The molecule has 1 fully saturated rings. The summed E-state index contributed by atoms with van der Waals surface area (Å²) in [6.07, 6.45) is 9.69. The fraction of sp³-hybridized carbons (Fsp3) is 0.400. The van der Waals surface area contributed by atoms with E-state index in [-0.39, 0.29) is 5.54 Å². The van der Waals surface area contributed by atoms with Gasteiger partial charge in [0.15, 0.2) is 0 Å². The van der Waals surface area contributed by atoms with E-state index in [0.29, 0.717) is 0 Å². The standard InChI is InChI=1S/C15H19N3/c16-15(9-4-1-5-10-15)13-7-2-3-8-14(13)18-12-6-11-17-18/h2-3,6-8,11-12H,1,4-5,9-10,16H2. The topological polar surface area (TPSA) is 43.8 Å². The molecule has 3 heteroatoms. The highest BCUT2D eigenvalue weighted by Crippen LogP contribution is 2.37. The van der Waals surface area contributed by atoms with Gasteiger partial charge in [-0.2, -0.15) is 5.10 Å². The van der Waals surface area contributed by atoms with E-state index in [9.17, 15) is 0 Å². The summed E-state index contributed by atoms with van der Waals surface area (Å²) in [7, 11) is 0. The molecule has 94 valence electrons. The predicted molar refractivity (Wildman–Crippen MR) is 72.5 cm³/mol.